The minimum absolute atomic E-state index is 0.236. The maximum absolute atomic E-state index is 11.2. The molecule has 0 aliphatic rings. The second kappa shape index (κ2) is 6.76. The Hall–Kier alpha value is -0.880. The van der Waals surface area contributed by atoms with Crippen molar-refractivity contribution in [2.75, 3.05) is 24.6 Å². The Labute approximate surface area is 103 Å². The van der Waals surface area contributed by atoms with Gasteiger partial charge in [0.05, 0.1) is 5.75 Å². The Kier molecular flexibility index (Phi) is 5.64. The van der Waals surface area contributed by atoms with Gasteiger partial charge in [-0.1, -0.05) is 6.92 Å². The molecule has 1 rings (SSSR count). The summed E-state index contributed by atoms with van der Waals surface area (Å²) in [5, 5.41) is 3.23. The van der Waals surface area contributed by atoms with Crippen LogP contribution in [0.15, 0.2) is 12.4 Å². The van der Waals surface area contributed by atoms with Gasteiger partial charge in [-0.25, -0.2) is 13.4 Å². The fourth-order valence-electron chi connectivity index (χ4n) is 1.52. The molecule has 0 saturated heterocycles. The van der Waals surface area contributed by atoms with Crippen LogP contribution in [-0.4, -0.2) is 42.6 Å². The second-order valence-electron chi connectivity index (χ2n) is 4.04. The van der Waals surface area contributed by atoms with Crippen molar-refractivity contribution in [3.63, 3.8) is 0 Å². The van der Waals surface area contributed by atoms with Crippen molar-refractivity contribution in [1.82, 2.24) is 14.9 Å². The van der Waals surface area contributed by atoms with Gasteiger partial charge in [-0.05, 0) is 13.0 Å². The second-order valence-corrected chi connectivity index (χ2v) is 6.52. The summed E-state index contributed by atoms with van der Waals surface area (Å²) < 4.78 is 24.4. The van der Waals surface area contributed by atoms with Gasteiger partial charge in [-0.3, -0.25) is 0 Å². The first kappa shape index (κ1) is 14.2. The van der Waals surface area contributed by atoms with Crippen molar-refractivity contribution in [3.8, 4) is 0 Å². The van der Waals surface area contributed by atoms with Crippen LogP contribution in [0.4, 0.5) is 0 Å². The van der Waals surface area contributed by atoms with Gasteiger partial charge >= 0.3 is 0 Å². The highest BCUT2D eigenvalue weighted by Crippen LogP contribution is 1.95. The molecule has 0 fully saturated rings. The van der Waals surface area contributed by atoms with Gasteiger partial charge in [0.15, 0.2) is 0 Å². The monoisotopic (exact) mass is 259 g/mol. The molecule has 98 valence electrons. The maximum atomic E-state index is 11.2. The summed E-state index contributed by atoms with van der Waals surface area (Å²) in [7, 11) is -0.845. The molecule has 0 amide bonds. The quantitative estimate of drug-likeness (QED) is 0.685. The fraction of sp³-hybridized carbons (Fsp3) is 0.727. The topological polar surface area (TPSA) is 64.0 Å². The number of nitrogens with zero attached hydrogens (tertiary/aromatic N) is 2. The summed E-state index contributed by atoms with van der Waals surface area (Å²) >= 11 is 0. The molecule has 0 spiro atoms. The van der Waals surface area contributed by atoms with Gasteiger partial charge in [-0.2, -0.15) is 0 Å². The van der Waals surface area contributed by atoms with Crippen molar-refractivity contribution < 1.29 is 8.42 Å². The molecule has 6 heteroatoms. The van der Waals surface area contributed by atoms with Crippen molar-refractivity contribution in [2.45, 2.75) is 19.8 Å². The smallest absolute Gasteiger partial charge is 0.150 e. The van der Waals surface area contributed by atoms with Crippen LogP contribution in [0.2, 0.25) is 0 Å². The van der Waals surface area contributed by atoms with E-state index >= 15 is 0 Å². The number of aryl methyl sites for hydroxylation is 1. The molecule has 1 heterocycles. The van der Waals surface area contributed by atoms with Crippen LogP contribution in [-0.2, 0) is 23.3 Å². The minimum atomic E-state index is -2.81. The van der Waals surface area contributed by atoms with Crippen LogP contribution in [0, 0.1) is 0 Å². The van der Waals surface area contributed by atoms with Crippen LogP contribution in [0.3, 0.4) is 0 Å². The normalized spacial score (nSPS) is 11.9. The molecule has 0 atom stereocenters. The molecule has 0 aromatic carbocycles. The number of nitrogens with one attached hydrogen (secondary N) is 1. The largest absolute Gasteiger partial charge is 0.338 e. The van der Waals surface area contributed by atoms with E-state index in [0.29, 0.717) is 6.42 Å². The number of rotatable bonds is 8. The Balaban J connectivity index is 2.08. The van der Waals surface area contributed by atoms with E-state index in [1.165, 1.54) is 0 Å². The number of aromatic nitrogens is 2. The SMILES string of the molecule is CCS(=O)(=O)CCCNCCc1nccn1C. The zero-order valence-corrected chi connectivity index (χ0v) is 11.3. The van der Waals surface area contributed by atoms with Gasteiger partial charge in [0.1, 0.15) is 15.7 Å². The lowest BCUT2D eigenvalue weighted by molar-refractivity contribution is 0.588. The third-order valence-electron chi connectivity index (χ3n) is 2.70. The first-order chi connectivity index (χ1) is 8.05. The van der Waals surface area contributed by atoms with Crippen LogP contribution in [0.5, 0.6) is 0 Å². The predicted molar refractivity (Wildman–Crippen MR) is 68.7 cm³/mol. The third kappa shape index (κ3) is 5.32. The lowest BCUT2D eigenvalue weighted by Gasteiger charge is -2.05. The van der Waals surface area contributed by atoms with Gasteiger partial charge < -0.3 is 9.88 Å². The van der Waals surface area contributed by atoms with E-state index in [2.05, 4.69) is 10.3 Å². The fourth-order valence-corrected chi connectivity index (χ4v) is 2.40. The standard InChI is InChI=1S/C11H21N3O2S/c1-3-17(15,16)10-4-6-12-7-5-11-13-8-9-14(11)2/h8-9,12H,3-7,10H2,1-2H3. The van der Waals surface area contributed by atoms with Crippen LogP contribution in [0.25, 0.3) is 0 Å². The molecule has 17 heavy (non-hydrogen) atoms. The Bertz CT molecular complexity index is 426. The summed E-state index contributed by atoms with van der Waals surface area (Å²) in [6, 6.07) is 0. The number of sulfone groups is 1. The van der Waals surface area contributed by atoms with Crippen molar-refractivity contribution >= 4 is 9.84 Å². The van der Waals surface area contributed by atoms with Gasteiger partial charge in [0.25, 0.3) is 0 Å². The van der Waals surface area contributed by atoms with E-state index in [1.54, 1.807) is 13.1 Å². The summed E-state index contributed by atoms with van der Waals surface area (Å²) in [6.07, 6.45) is 5.24. The minimum Gasteiger partial charge on any atom is -0.338 e. The molecular weight excluding hydrogens is 238 g/mol. The summed E-state index contributed by atoms with van der Waals surface area (Å²) in [4.78, 5) is 4.21. The van der Waals surface area contributed by atoms with E-state index in [4.69, 9.17) is 0 Å². The maximum Gasteiger partial charge on any atom is 0.150 e. The van der Waals surface area contributed by atoms with E-state index in [9.17, 15) is 8.42 Å². The van der Waals surface area contributed by atoms with Crippen molar-refractivity contribution in [2.24, 2.45) is 7.05 Å². The first-order valence-electron chi connectivity index (χ1n) is 5.92. The lowest BCUT2D eigenvalue weighted by atomic mass is 10.4. The molecule has 0 unspecified atom stereocenters. The lowest BCUT2D eigenvalue weighted by Crippen LogP contribution is -2.22. The van der Waals surface area contributed by atoms with Crippen molar-refractivity contribution in [3.05, 3.63) is 18.2 Å². The summed E-state index contributed by atoms with van der Waals surface area (Å²) in [5.74, 6) is 1.55. The van der Waals surface area contributed by atoms with Crippen LogP contribution >= 0.6 is 0 Å². The molecule has 1 aromatic rings. The molecule has 0 aliphatic heterocycles. The molecule has 0 radical (unpaired) electrons. The predicted octanol–water partition coefficient (Wildman–Crippen LogP) is 0.377. The average molecular weight is 259 g/mol. The average Bonchev–Trinajstić information content (AvgIpc) is 2.69. The van der Waals surface area contributed by atoms with Gasteiger partial charge in [-0.15, -0.1) is 0 Å². The molecule has 5 nitrogen and oxygen atoms in total. The van der Waals surface area contributed by atoms with E-state index in [0.717, 1.165) is 25.3 Å². The molecule has 0 aliphatic carbocycles. The molecule has 1 aromatic heterocycles. The number of hydrogen-bond acceptors (Lipinski definition) is 4. The van der Waals surface area contributed by atoms with E-state index in [-0.39, 0.29) is 11.5 Å². The first-order valence-corrected chi connectivity index (χ1v) is 7.74. The summed E-state index contributed by atoms with van der Waals surface area (Å²) in [5.41, 5.74) is 0. The number of hydrogen-bond donors (Lipinski definition) is 1. The van der Waals surface area contributed by atoms with Crippen LogP contribution < -0.4 is 5.32 Å². The zero-order valence-electron chi connectivity index (χ0n) is 10.5. The highest BCUT2D eigenvalue weighted by Gasteiger charge is 2.05. The van der Waals surface area contributed by atoms with Gasteiger partial charge in [0, 0.05) is 38.2 Å². The van der Waals surface area contributed by atoms with E-state index < -0.39 is 9.84 Å². The van der Waals surface area contributed by atoms with Gasteiger partial charge in [0.2, 0.25) is 0 Å². The van der Waals surface area contributed by atoms with Crippen LogP contribution in [0.1, 0.15) is 19.2 Å². The highest BCUT2D eigenvalue weighted by molar-refractivity contribution is 7.91. The summed E-state index contributed by atoms with van der Waals surface area (Å²) in [6.45, 7) is 3.25. The third-order valence-corrected chi connectivity index (χ3v) is 4.49. The highest BCUT2D eigenvalue weighted by atomic mass is 32.2. The molecule has 1 N–H and O–H groups in total. The van der Waals surface area contributed by atoms with E-state index in [1.807, 2.05) is 17.8 Å². The number of imidazole rings is 1. The Morgan fingerprint density at radius 2 is 2.18 bits per heavy atom. The van der Waals surface area contributed by atoms with Crippen molar-refractivity contribution in [1.29, 1.82) is 0 Å². The molecule has 0 bridgehead atoms. The molecular formula is C11H21N3O2S. The molecule has 0 saturated carbocycles. The Morgan fingerprint density at radius 3 is 2.76 bits per heavy atom. The Morgan fingerprint density at radius 1 is 1.41 bits per heavy atom. The zero-order chi connectivity index (χ0) is 12.7.